The first kappa shape index (κ1) is 21.4. The van der Waals surface area contributed by atoms with Gasteiger partial charge < -0.3 is 14.6 Å². The van der Waals surface area contributed by atoms with E-state index in [2.05, 4.69) is 15.5 Å². The molecule has 0 spiro atoms. The number of amides is 1. The molecule has 0 aliphatic carbocycles. The smallest absolute Gasteiger partial charge is 0.234 e. The topological polar surface area (TPSA) is 69.0 Å². The van der Waals surface area contributed by atoms with Gasteiger partial charge in [-0.2, -0.15) is 0 Å². The molecule has 29 heavy (non-hydrogen) atoms. The van der Waals surface area contributed by atoms with Crippen molar-refractivity contribution in [3.8, 4) is 5.75 Å². The van der Waals surface area contributed by atoms with Crippen LogP contribution in [0, 0.1) is 5.82 Å². The maximum absolute atomic E-state index is 13.7. The summed E-state index contributed by atoms with van der Waals surface area (Å²) in [6.45, 7) is 2.56. The Kier molecular flexibility index (Phi) is 7.35. The monoisotopic (exact) mass is 454 g/mol. The normalized spacial score (nSPS) is 10.8. The van der Waals surface area contributed by atoms with Crippen LogP contribution in [0.15, 0.2) is 47.6 Å². The average Bonchev–Trinajstić information content (AvgIpc) is 3.11. The van der Waals surface area contributed by atoms with Crippen LogP contribution in [0.3, 0.4) is 0 Å². The van der Waals surface area contributed by atoms with Gasteiger partial charge in [-0.1, -0.05) is 53.2 Å². The van der Waals surface area contributed by atoms with E-state index >= 15 is 0 Å². The summed E-state index contributed by atoms with van der Waals surface area (Å²) in [5.41, 5.74) is 0.445. The molecule has 1 heterocycles. The number of thioether (sulfide) groups is 1. The van der Waals surface area contributed by atoms with Crippen molar-refractivity contribution < 1.29 is 13.9 Å². The zero-order chi connectivity index (χ0) is 20.8. The average molecular weight is 455 g/mol. The molecule has 10 heteroatoms. The summed E-state index contributed by atoms with van der Waals surface area (Å²) in [6.07, 6.45) is 0. The van der Waals surface area contributed by atoms with Crippen molar-refractivity contribution in [2.45, 2.75) is 25.2 Å². The molecule has 0 atom stereocenters. The Labute approximate surface area is 181 Å². The van der Waals surface area contributed by atoms with Crippen molar-refractivity contribution in [1.29, 1.82) is 0 Å². The number of para-hydroxylation sites is 1. The van der Waals surface area contributed by atoms with Crippen LogP contribution in [-0.2, 0) is 17.9 Å². The van der Waals surface area contributed by atoms with Crippen LogP contribution in [0.2, 0.25) is 10.0 Å². The summed E-state index contributed by atoms with van der Waals surface area (Å²) < 4.78 is 21.0. The SMILES string of the molecule is CCn1c(COc2ccccc2F)nnc1SCC(=O)Nc1cccc(Cl)c1Cl. The third kappa shape index (κ3) is 5.41. The maximum atomic E-state index is 13.7. The summed E-state index contributed by atoms with van der Waals surface area (Å²) in [5.74, 6) is 0.0893. The van der Waals surface area contributed by atoms with E-state index in [0.717, 1.165) is 0 Å². The van der Waals surface area contributed by atoms with E-state index < -0.39 is 5.82 Å². The van der Waals surface area contributed by atoms with Gasteiger partial charge in [0.2, 0.25) is 5.91 Å². The van der Waals surface area contributed by atoms with E-state index in [9.17, 15) is 9.18 Å². The third-order valence-electron chi connectivity index (χ3n) is 3.86. The van der Waals surface area contributed by atoms with Gasteiger partial charge in [0.15, 0.2) is 22.5 Å². The molecular weight excluding hydrogens is 438 g/mol. The lowest BCUT2D eigenvalue weighted by atomic mass is 10.3. The minimum absolute atomic E-state index is 0.0622. The molecule has 0 fully saturated rings. The maximum Gasteiger partial charge on any atom is 0.234 e. The number of hydrogen-bond donors (Lipinski definition) is 1. The van der Waals surface area contributed by atoms with Gasteiger partial charge >= 0.3 is 0 Å². The molecule has 1 N–H and O–H groups in total. The molecule has 0 aliphatic heterocycles. The van der Waals surface area contributed by atoms with E-state index in [-0.39, 0.29) is 29.0 Å². The molecule has 0 saturated carbocycles. The molecule has 152 valence electrons. The van der Waals surface area contributed by atoms with Crippen molar-refractivity contribution in [2.24, 2.45) is 0 Å². The van der Waals surface area contributed by atoms with Gasteiger partial charge in [-0.05, 0) is 31.2 Å². The zero-order valence-corrected chi connectivity index (χ0v) is 17.7. The molecule has 3 rings (SSSR count). The number of anilines is 1. The first-order chi connectivity index (χ1) is 14.0. The lowest BCUT2D eigenvalue weighted by molar-refractivity contribution is -0.113. The second-order valence-electron chi connectivity index (χ2n) is 5.80. The Morgan fingerprint density at radius 1 is 1.21 bits per heavy atom. The van der Waals surface area contributed by atoms with Gasteiger partial charge in [0.25, 0.3) is 0 Å². The van der Waals surface area contributed by atoms with E-state index in [4.69, 9.17) is 27.9 Å². The first-order valence-corrected chi connectivity index (χ1v) is 10.4. The minimum atomic E-state index is -0.444. The number of carbonyl (C=O) groups excluding carboxylic acids is 1. The number of rotatable bonds is 8. The lowest BCUT2D eigenvalue weighted by Crippen LogP contribution is -2.15. The molecule has 2 aromatic carbocycles. The quantitative estimate of drug-likeness (QED) is 0.482. The summed E-state index contributed by atoms with van der Waals surface area (Å²) in [7, 11) is 0. The van der Waals surface area contributed by atoms with E-state index in [0.29, 0.717) is 28.2 Å². The molecule has 3 aromatic rings. The van der Waals surface area contributed by atoms with Gasteiger partial charge in [0.05, 0.1) is 21.5 Å². The van der Waals surface area contributed by atoms with Crippen LogP contribution in [-0.4, -0.2) is 26.4 Å². The lowest BCUT2D eigenvalue weighted by Gasteiger charge is -2.10. The van der Waals surface area contributed by atoms with E-state index in [1.54, 1.807) is 36.4 Å². The fourth-order valence-electron chi connectivity index (χ4n) is 2.47. The zero-order valence-electron chi connectivity index (χ0n) is 15.4. The van der Waals surface area contributed by atoms with Gasteiger partial charge in [0, 0.05) is 6.54 Å². The Bertz CT molecular complexity index is 1020. The van der Waals surface area contributed by atoms with Crippen LogP contribution in [0.25, 0.3) is 0 Å². The van der Waals surface area contributed by atoms with Crippen molar-refractivity contribution in [1.82, 2.24) is 14.8 Å². The summed E-state index contributed by atoms with van der Waals surface area (Å²) >= 11 is 13.3. The Morgan fingerprint density at radius 2 is 2.00 bits per heavy atom. The molecular formula is C19H17Cl2FN4O2S. The Morgan fingerprint density at radius 3 is 2.76 bits per heavy atom. The largest absolute Gasteiger partial charge is 0.483 e. The molecule has 0 radical (unpaired) electrons. The number of hydrogen-bond acceptors (Lipinski definition) is 5. The Balaban J connectivity index is 1.60. The first-order valence-electron chi connectivity index (χ1n) is 8.65. The van der Waals surface area contributed by atoms with Crippen molar-refractivity contribution in [2.75, 3.05) is 11.1 Å². The summed E-state index contributed by atoms with van der Waals surface area (Å²) in [5, 5.41) is 12.1. The molecule has 1 aromatic heterocycles. The minimum Gasteiger partial charge on any atom is -0.483 e. The fraction of sp³-hybridized carbons (Fsp3) is 0.211. The molecule has 0 bridgehead atoms. The summed E-state index contributed by atoms with van der Waals surface area (Å²) in [4.78, 5) is 12.2. The highest BCUT2D eigenvalue weighted by molar-refractivity contribution is 7.99. The fourth-order valence-corrected chi connectivity index (χ4v) is 3.64. The van der Waals surface area contributed by atoms with E-state index in [1.165, 1.54) is 17.8 Å². The van der Waals surface area contributed by atoms with Gasteiger partial charge in [-0.25, -0.2) is 4.39 Å². The predicted octanol–water partition coefficient (Wildman–Crippen LogP) is 5.05. The van der Waals surface area contributed by atoms with Crippen molar-refractivity contribution in [3.05, 3.63) is 64.2 Å². The number of nitrogens with zero attached hydrogens (tertiary/aromatic N) is 3. The highest BCUT2D eigenvalue weighted by Gasteiger charge is 2.15. The van der Waals surface area contributed by atoms with E-state index in [1.807, 2.05) is 11.5 Å². The number of ether oxygens (including phenoxy) is 1. The molecule has 0 unspecified atom stereocenters. The van der Waals surface area contributed by atoms with Crippen LogP contribution in [0.1, 0.15) is 12.7 Å². The highest BCUT2D eigenvalue weighted by Crippen LogP contribution is 2.29. The number of halogens is 3. The molecule has 0 saturated heterocycles. The third-order valence-corrected chi connectivity index (χ3v) is 5.65. The van der Waals surface area contributed by atoms with Gasteiger partial charge in [-0.15, -0.1) is 10.2 Å². The number of carbonyl (C=O) groups is 1. The molecule has 6 nitrogen and oxygen atoms in total. The highest BCUT2D eigenvalue weighted by atomic mass is 35.5. The van der Waals surface area contributed by atoms with Crippen LogP contribution >= 0.6 is 35.0 Å². The summed E-state index contributed by atoms with van der Waals surface area (Å²) in [6, 6.07) is 11.2. The van der Waals surface area contributed by atoms with Crippen molar-refractivity contribution in [3.63, 3.8) is 0 Å². The second-order valence-corrected chi connectivity index (χ2v) is 7.53. The predicted molar refractivity (Wildman–Crippen MR) is 112 cm³/mol. The second kappa shape index (κ2) is 9.96. The Hall–Kier alpha value is -2.29. The van der Waals surface area contributed by atoms with Crippen LogP contribution < -0.4 is 10.1 Å². The standard InChI is InChI=1S/C19H17Cl2FN4O2S/c1-2-26-16(10-28-15-9-4-3-7-13(15)22)24-25-19(26)29-11-17(27)23-14-8-5-6-12(20)18(14)21/h3-9H,2,10-11H2,1H3,(H,23,27). The number of nitrogens with one attached hydrogen (secondary N) is 1. The van der Waals surface area contributed by atoms with Gasteiger partial charge in [0.1, 0.15) is 6.61 Å². The van der Waals surface area contributed by atoms with Gasteiger partial charge in [-0.3, -0.25) is 4.79 Å². The van der Waals surface area contributed by atoms with Crippen molar-refractivity contribution >= 4 is 46.6 Å². The molecule has 1 amide bonds. The number of benzene rings is 2. The number of aromatic nitrogens is 3. The van der Waals surface area contributed by atoms with Crippen LogP contribution in [0.4, 0.5) is 10.1 Å². The van der Waals surface area contributed by atoms with Crippen LogP contribution in [0.5, 0.6) is 5.75 Å². The molecule has 0 aliphatic rings.